The topological polar surface area (TPSA) is 28.2 Å². The lowest BCUT2D eigenvalue weighted by Crippen LogP contribution is -2.18. The third-order valence-electron chi connectivity index (χ3n) is 3.32. The fourth-order valence-corrected chi connectivity index (χ4v) is 2.90. The molecule has 1 heterocycles. The Morgan fingerprint density at radius 3 is 2.67 bits per heavy atom. The second kappa shape index (κ2) is 7.69. The highest BCUT2D eigenvalue weighted by molar-refractivity contribution is 9.10. The normalized spacial score (nSPS) is 11.1. The minimum absolute atomic E-state index is 0.854. The third-order valence-corrected chi connectivity index (χ3v) is 4.05. The van der Waals surface area contributed by atoms with Gasteiger partial charge in [0.15, 0.2) is 0 Å². The molecule has 2 aromatic rings. The molecule has 0 spiro atoms. The number of nitrogens with zero attached hydrogens (tertiary/aromatic N) is 2. The minimum atomic E-state index is 0.854. The van der Waals surface area contributed by atoms with Crippen LogP contribution in [0.4, 0.5) is 0 Å². The van der Waals surface area contributed by atoms with Crippen LogP contribution < -0.4 is 5.32 Å². The van der Waals surface area contributed by atoms with E-state index in [0.29, 0.717) is 0 Å². The quantitative estimate of drug-likeness (QED) is 0.866. The first-order valence-electron chi connectivity index (χ1n) is 7.11. The second-order valence-corrected chi connectivity index (χ2v) is 6.25. The van der Waals surface area contributed by atoms with Gasteiger partial charge in [0, 0.05) is 29.8 Å². The maximum Gasteiger partial charge on any atom is 0.0547 e. The fraction of sp³-hybridized carbons (Fsp3) is 0.353. The van der Waals surface area contributed by atoms with Crippen molar-refractivity contribution in [3.63, 3.8) is 0 Å². The number of hydrogen-bond donors (Lipinski definition) is 1. The van der Waals surface area contributed by atoms with Crippen LogP contribution >= 0.6 is 15.9 Å². The number of aryl methyl sites for hydroxylation is 1. The van der Waals surface area contributed by atoms with E-state index in [0.717, 1.165) is 31.0 Å². The van der Waals surface area contributed by atoms with Gasteiger partial charge in [-0.15, -0.1) is 0 Å². The van der Waals surface area contributed by atoms with Gasteiger partial charge < -0.3 is 5.32 Å². The number of hydrogen-bond acceptors (Lipinski definition) is 3. The monoisotopic (exact) mass is 347 g/mol. The van der Waals surface area contributed by atoms with Gasteiger partial charge in [0.1, 0.15) is 0 Å². The van der Waals surface area contributed by atoms with Crippen LogP contribution in [0.1, 0.15) is 22.5 Å². The highest BCUT2D eigenvalue weighted by Crippen LogP contribution is 2.20. The van der Waals surface area contributed by atoms with Crippen LogP contribution in [0.15, 0.2) is 40.9 Å². The molecular weight excluding hydrogens is 326 g/mol. The molecule has 1 N–H and O–H groups in total. The molecule has 21 heavy (non-hydrogen) atoms. The van der Waals surface area contributed by atoms with Gasteiger partial charge in [0.05, 0.1) is 5.69 Å². The lowest BCUT2D eigenvalue weighted by Gasteiger charge is -2.18. The Morgan fingerprint density at radius 2 is 2.00 bits per heavy atom. The van der Waals surface area contributed by atoms with E-state index in [4.69, 9.17) is 0 Å². The molecule has 0 saturated heterocycles. The van der Waals surface area contributed by atoms with Crippen LogP contribution in [-0.2, 0) is 19.6 Å². The maximum atomic E-state index is 4.55. The predicted molar refractivity (Wildman–Crippen MR) is 91.1 cm³/mol. The molecule has 0 amide bonds. The molecule has 0 aliphatic carbocycles. The fourth-order valence-electron chi connectivity index (χ4n) is 2.34. The predicted octanol–water partition coefficient (Wildman–Crippen LogP) is 3.50. The molecule has 1 aromatic carbocycles. The van der Waals surface area contributed by atoms with Gasteiger partial charge in [-0.25, -0.2) is 0 Å². The molecule has 0 atom stereocenters. The van der Waals surface area contributed by atoms with E-state index in [1.807, 2.05) is 20.0 Å². The van der Waals surface area contributed by atoms with Crippen molar-refractivity contribution in [3.8, 4) is 0 Å². The van der Waals surface area contributed by atoms with Crippen molar-refractivity contribution in [1.29, 1.82) is 0 Å². The molecule has 0 aliphatic rings. The van der Waals surface area contributed by atoms with Crippen molar-refractivity contribution in [3.05, 3.63) is 63.4 Å². The first-order valence-corrected chi connectivity index (χ1v) is 7.91. The van der Waals surface area contributed by atoms with Crippen molar-refractivity contribution in [2.24, 2.45) is 0 Å². The lowest BCUT2D eigenvalue weighted by molar-refractivity contribution is 0.314. The summed E-state index contributed by atoms with van der Waals surface area (Å²) in [4.78, 5) is 6.83. The van der Waals surface area contributed by atoms with E-state index < -0.39 is 0 Å². The maximum absolute atomic E-state index is 4.55. The van der Waals surface area contributed by atoms with Crippen LogP contribution in [0.2, 0.25) is 0 Å². The van der Waals surface area contributed by atoms with Crippen LogP contribution in [-0.4, -0.2) is 24.0 Å². The number of pyridine rings is 1. The first-order chi connectivity index (χ1) is 10.1. The van der Waals surface area contributed by atoms with E-state index in [2.05, 4.69) is 68.5 Å². The van der Waals surface area contributed by atoms with Gasteiger partial charge in [0.25, 0.3) is 0 Å². The van der Waals surface area contributed by atoms with Gasteiger partial charge in [-0.3, -0.25) is 9.88 Å². The molecule has 0 saturated carbocycles. The molecule has 0 aliphatic heterocycles. The highest BCUT2D eigenvalue weighted by Gasteiger charge is 2.07. The molecule has 0 fully saturated rings. The summed E-state index contributed by atoms with van der Waals surface area (Å²) in [5.41, 5.74) is 4.76. The lowest BCUT2D eigenvalue weighted by atomic mass is 10.1. The molecule has 0 radical (unpaired) electrons. The van der Waals surface area contributed by atoms with Crippen molar-refractivity contribution < 1.29 is 0 Å². The van der Waals surface area contributed by atoms with Gasteiger partial charge in [0.2, 0.25) is 0 Å². The summed E-state index contributed by atoms with van der Waals surface area (Å²) >= 11 is 3.67. The standard InChI is InChI=1S/C17H22BrN3/c1-13-5-4-6-16(20-13)12-21(3)11-15-8-7-14(10-19-2)9-17(15)18/h4-9,19H,10-12H2,1-3H3. The number of nitrogens with one attached hydrogen (secondary N) is 1. The van der Waals surface area contributed by atoms with Crippen molar-refractivity contribution in [2.45, 2.75) is 26.6 Å². The molecule has 4 heteroatoms. The average molecular weight is 348 g/mol. The second-order valence-electron chi connectivity index (χ2n) is 5.40. The summed E-state index contributed by atoms with van der Waals surface area (Å²) < 4.78 is 1.17. The molecule has 3 nitrogen and oxygen atoms in total. The summed E-state index contributed by atoms with van der Waals surface area (Å²) in [5.74, 6) is 0. The van der Waals surface area contributed by atoms with Gasteiger partial charge in [-0.1, -0.05) is 34.1 Å². The Kier molecular flexibility index (Phi) is 5.91. The summed E-state index contributed by atoms with van der Waals surface area (Å²) in [6.45, 7) is 4.67. The SMILES string of the molecule is CNCc1ccc(CN(C)Cc2cccc(C)n2)c(Br)c1. The van der Waals surface area contributed by atoms with Crippen molar-refractivity contribution in [1.82, 2.24) is 15.2 Å². The molecule has 0 unspecified atom stereocenters. The van der Waals surface area contributed by atoms with E-state index in [-0.39, 0.29) is 0 Å². The van der Waals surface area contributed by atoms with Crippen LogP contribution in [0, 0.1) is 6.92 Å². The zero-order chi connectivity index (χ0) is 15.2. The van der Waals surface area contributed by atoms with Crippen LogP contribution in [0.25, 0.3) is 0 Å². The Hall–Kier alpha value is -1.23. The van der Waals surface area contributed by atoms with Crippen molar-refractivity contribution in [2.75, 3.05) is 14.1 Å². The number of benzene rings is 1. The summed E-state index contributed by atoms with van der Waals surface area (Å²) in [7, 11) is 4.09. The van der Waals surface area contributed by atoms with E-state index in [9.17, 15) is 0 Å². The van der Waals surface area contributed by atoms with Crippen molar-refractivity contribution >= 4 is 15.9 Å². The highest BCUT2D eigenvalue weighted by atomic mass is 79.9. The summed E-state index contributed by atoms with van der Waals surface area (Å²) in [6, 6.07) is 12.7. The van der Waals surface area contributed by atoms with E-state index in [1.54, 1.807) is 0 Å². The summed E-state index contributed by atoms with van der Waals surface area (Å²) in [6.07, 6.45) is 0. The Balaban J connectivity index is 2.00. The van der Waals surface area contributed by atoms with Gasteiger partial charge in [-0.2, -0.15) is 0 Å². The molecule has 112 valence electrons. The largest absolute Gasteiger partial charge is 0.316 e. The molecule has 0 bridgehead atoms. The first kappa shape index (κ1) is 16.1. The van der Waals surface area contributed by atoms with Crippen LogP contribution in [0.5, 0.6) is 0 Å². The van der Waals surface area contributed by atoms with E-state index in [1.165, 1.54) is 15.6 Å². The Labute approximate surface area is 135 Å². The molecule has 1 aromatic heterocycles. The average Bonchev–Trinajstić information content (AvgIpc) is 2.42. The minimum Gasteiger partial charge on any atom is -0.316 e. The number of rotatable bonds is 6. The van der Waals surface area contributed by atoms with E-state index >= 15 is 0 Å². The third kappa shape index (κ3) is 4.92. The number of halogens is 1. The number of aromatic nitrogens is 1. The van der Waals surface area contributed by atoms with Gasteiger partial charge >= 0.3 is 0 Å². The summed E-state index contributed by atoms with van der Waals surface area (Å²) in [5, 5.41) is 3.17. The molecular formula is C17H22BrN3. The Morgan fingerprint density at radius 1 is 1.19 bits per heavy atom. The zero-order valence-corrected chi connectivity index (χ0v) is 14.4. The smallest absolute Gasteiger partial charge is 0.0547 e. The Bertz CT molecular complexity index is 598. The van der Waals surface area contributed by atoms with Gasteiger partial charge in [-0.05, 0) is 50.3 Å². The molecule has 2 rings (SSSR count). The van der Waals surface area contributed by atoms with Crippen LogP contribution in [0.3, 0.4) is 0 Å². The zero-order valence-electron chi connectivity index (χ0n) is 12.9.